The average Bonchev–Trinajstić information content (AvgIpc) is 3.49. The van der Waals surface area contributed by atoms with Gasteiger partial charge < -0.3 is 14.2 Å². The molecule has 11 heteroatoms. The van der Waals surface area contributed by atoms with Gasteiger partial charge in [0.15, 0.2) is 0 Å². The summed E-state index contributed by atoms with van der Waals surface area (Å²) in [7, 11) is 1.58. The molecular formula is C25H25F3N6O2. The first-order valence-electron chi connectivity index (χ1n) is 11.6. The van der Waals surface area contributed by atoms with Crippen molar-refractivity contribution in [2.24, 2.45) is 0 Å². The maximum atomic E-state index is 14.5. The monoisotopic (exact) mass is 498 g/mol. The van der Waals surface area contributed by atoms with Crippen molar-refractivity contribution in [1.82, 2.24) is 24.5 Å². The third kappa shape index (κ3) is 4.40. The van der Waals surface area contributed by atoms with Crippen LogP contribution in [0.4, 0.5) is 18.9 Å². The van der Waals surface area contributed by atoms with E-state index >= 15 is 0 Å². The van der Waals surface area contributed by atoms with E-state index < -0.39 is 30.7 Å². The zero-order chi connectivity index (χ0) is 25.4. The Hall–Kier alpha value is -3.89. The molecular weight excluding hydrogens is 473 g/mol. The van der Waals surface area contributed by atoms with E-state index in [1.54, 1.807) is 19.6 Å². The fourth-order valence-electron chi connectivity index (χ4n) is 4.77. The number of benzene rings is 1. The molecule has 5 rings (SSSR count). The second-order valence-corrected chi connectivity index (χ2v) is 8.84. The molecule has 3 heterocycles. The molecule has 0 saturated heterocycles. The normalized spacial score (nSPS) is 20.2. The van der Waals surface area contributed by atoms with Crippen LogP contribution >= 0.6 is 0 Å². The first-order valence-corrected chi connectivity index (χ1v) is 11.6. The number of imidazole rings is 1. The minimum atomic E-state index is -2.77. The number of hydrogen-bond acceptors (Lipinski definition) is 5. The van der Waals surface area contributed by atoms with Crippen molar-refractivity contribution in [2.75, 3.05) is 18.6 Å². The Labute approximate surface area is 205 Å². The quantitative estimate of drug-likeness (QED) is 0.508. The van der Waals surface area contributed by atoms with Crippen LogP contribution in [0.25, 0.3) is 5.70 Å². The van der Waals surface area contributed by atoms with Gasteiger partial charge in [-0.25, -0.2) is 22.8 Å². The number of alkyl halides is 2. The molecule has 1 aliphatic carbocycles. The molecule has 0 fully saturated rings. The Morgan fingerprint density at radius 1 is 1.25 bits per heavy atom. The summed E-state index contributed by atoms with van der Waals surface area (Å²) in [6.45, 7) is 1.08. The summed E-state index contributed by atoms with van der Waals surface area (Å²) in [6.07, 6.45) is 7.49. The van der Waals surface area contributed by atoms with E-state index in [1.165, 1.54) is 22.9 Å². The number of allylic oxidation sites excluding steroid dienone is 3. The number of nitrogens with zero attached hydrogens (tertiary/aromatic N) is 6. The number of carbonyl (C=O) groups excluding carboxylic acids is 1. The highest BCUT2D eigenvalue weighted by molar-refractivity contribution is 5.97. The Kier molecular flexibility index (Phi) is 6.38. The van der Waals surface area contributed by atoms with Crippen LogP contribution in [0.1, 0.15) is 41.8 Å². The van der Waals surface area contributed by atoms with Gasteiger partial charge in [-0.05, 0) is 44.4 Å². The van der Waals surface area contributed by atoms with Crippen molar-refractivity contribution in [3.63, 3.8) is 0 Å². The predicted molar refractivity (Wildman–Crippen MR) is 126 cm³/mol. The van der Waals surface area contributed by atoms with Crippen LogP contribution in [-0.2, 0) is 16.0 Å². The summed E-state index contributed by atoms with van der Waals surface area (Å²) in [5.74, 6) is -0.590. The Bertz CT molecular complexity index is 1350. The number of fused-ring (bicyclic) bond motifs is 1. The van der Waals surface area contributed by atoms with Gasteiger partial charge in [0.2, 0.25) is 0 Å². The van der Waals surface area contributed by atoms with Gasteiger partial charge in [-0.2, -0.15) is 0 Å². The van der Waals surface area contributed by atoms with Gasteiger partial charge in [-0.15, -0.1) is 5.10 Å². The molecule has 8 nitrogen and oxygen atoms in total. The summed E-state index contributed by atoms with van der Waals surface area (Å²) in [5.41, 5.74) is 2.79. The number of rotatable bonds is 6. The summed E-state index contributed by atoms with van der Waals surface area (Å²) < 4.78 is 50.1. The summed E-state index contributed by atoms with van der Waals surface area (Å²) in [5, 5.41) is 8.44. The van der Waals surface area contributed by atoms with E-state index in [4.69, 9.17) is 4.74 Å². The van der Waals surface area contributed by atoms with Crippen LogP contribution in [0, 0.1) is 12.7 Å². The molecule has 0 radical (unpaired) electrons. The fraction of sp³-hybridized carbons (Fsp3) is 0.360. The van der Waals surface area contributed by atoms with E-state index in [-0.39, 0.29) is 30.0 Å². The molecule has 36 heavy (non-hydrogen) atoms. The molecule has 0 N–H and O–H groups in total. The summed E-state index contributed by atoms with van der Waals surface area (Å²) >= 11 is 0. The van der Waals surface area contributed by atoms with E-state index in [1.807, 2.05) is 29.8 Å². The van der Waals surface area contributed by atoms with Crippen LogP contribution in [0.15, 0.2) is 54.8 Å². The number of hydrogen-bond donors (Lipinski definition) is 0. The number of amides is 1. The Balaban J connectivity index is 1.41. The van der Waals surface area contributed by atoms with E-state index in [0.717, 1.165) is 16.3 Å². The van der Waals surface area contributed by atoms with Gasteiger partial charge >= 0.3 is 0 Å². The van der Waals surface area contributed by atoms with Gasteiger partial charge in [-0.3, -0.25) is 4.79 Å². The average molecular weight is 499 g/mol. The van der Waals surface area contributed by atoms with Crippen LogP contribution in [0.5, 0.6) is 0 Å². The Morgan fingerprint density at radius 2 is 2.08 bits per heavy atom. The number of ether oxygens (including phenoxy) is 1. The van der Waals surface area contributed by atoms with Crippen molar-refractivity contribution >= 4 is 17.3 Å². The van der Waals surface area contributed by atoms with Crippen molar-refractivity contribution in [2.45, 2.75) is 44.6 Å². The van der Waals surface area contributed by atoms with Crippen molar-refractivity contribution in [3.05, 3.63) is 77.6 Å². The van der Waals surface area contributed by atoms with E-state index in [0.29, 0.717) is 17.9 Å². The van der Waals surface area contributed by atoms with Gasteiger partial charge in [-0.1, -0.05) is 17.4 Å². The first-order chi connectivity index (χ1) is 17.4. The number of anilines is 1. The lowest BCUT2D eigenvalue weighted by Crippen LogP contribution is -2.39. The lowest BCUT2D eigenvalue weighted by molar-refractivity contribution is -0.122. The molecule has 2 atom stereocenters. The van der Waals surface area contributed by atoms with Crippen LogP contribution in [-0.4, -0.2) is 50.5 Å². The third-order valence-electron chi connectivity index (χ3n) is 6.53. The van der Waals surface area contributed by atoms with E-state index in [9.17, 15) is 18.0 Å². The van der Waals surface area contributed by atoms with Crippen molar-refractivity contribution in [3.8, 4) is 0 Å². The molecule has 0 spiro atoms. The third-order valence-corrected chi connectivity index (χ3v) is 6.53. The fourth-order valence-corrected chi connectivity index (χ4v) is 4.77. The molecule has 0 bridgehead atoms. The number of aryl methyl sites for hydroxylation is 1. The molecule has 1 aliphatic heterocycles. The van der Waals surface area contributed by atoms with Crippen molar-refractivity contribution in [1.29, 1.82) is 0 Å². The maximum Gasteiger partial charge on any atom is 0.256 e. The topological polar surface area (TPSA) is 78.1 Å². The minimum Gasteiger partial charge on any atom is -0.495 e. The van der Waals surface area contributed by atoms with Crippen LogP contribution < -0.4 is 4.90 Å². The molecule has 1 aromatic carbocycles. The summed E-state index contributed by atoms with van der Waals surface area (Å²) in [6, 6.07) is 3.31. The Morgan fingerprint density at radius 3 is 2.81 bits per heavy atom. The minimum absolute atomic E-state index is 0.158. The van der Waals surface area contributed by atoms with Gasteiger partial charge in [0.1, 0.15) is 17.6 Å². The molecule has 1 amide bonds. The second kappa shape index (κ2) is 9.63. The highest BCUT2D eigenvalue weighted by Gasteiger charge is 2.35. The van der Waals surface area contributed by atoms with Crippen LogP contribution in [0.3, 0.4) is 0 Å². The van der Waals surface area contributed by atoms with Gasteiger partial charge in [0.05, 0.1) is 42.8 Å². The van der Waals surface area contributed by atoms with Gasteiger partial charge in [0, 0.05) is 23.9 Å². The highest BCUT2D eigenvalue weighted by Crippen LogP contribution is 2.35. The lowest BCUT2D eigenvalue weighted by atomic mass is 9.95. The molecule has 2 aromatic heterocycles. The molecule has 1 unspecified atom stereocenters. The maximum absolute atomic E-state index is 14.5. The lowest BCUT2D eigenvalue weighted by Gasteiger charge is -2.25. The number of methoxy groups -OCH3 is 1. The largest absolute Gasteiger partial charge is 0.495 e. The summed E-state index contributed by atoms with van der Waals surface area (Å²) in [4.78, 5) is 18.6. The van der Waals surface area contributed by atoms with Gasteiger partial charge in [0.25, 0.3) is 12.3 Å². The molecule has 3 aromatic rings. The zero-order valence-electron chi connectivity index (χ0n) is 19.8. The number of carbonyl (C=O) groups is 1. The number of aromatic nitrogens is 5. The molecule has 2 aliphatic rings. The van der Waals surface area contributed by atoms with E-state index in [2.05, 4.69) is 15.3 Å². The van der Waals surface area contributed by atoms with Crippen LogP contribution in [0.2, 0.25) is 0 Å². The predicted octanol–water partition coefficient (Wildman–Crippen LogP) is 4.27. The molecule has 188 valence electrons. The second-order valence-electron chi connectivity index (χ2n) is 8.84. The standard InChI is InChI=1S/C25H25F3N6O2/c1-15-11-32(14-29-15)21-8-6-16(10-23(21)36-2)19-12-34(31-30-19)22-9-7-17-18(26)4-3-5-20(17)33(25(22)35)13-24(27)28/h3-5,8,10-12,14,16,22,24H,6-7,9,13H2,1-2H3/t16?,22-/m1/s1. The SMILES string of the molecule is COC1=CC(c2cn([C@@H]3CCc4c(F)cccc4N(CC(F)F)C3=O)nn2)CC=C1n1cnc(C)c1. The molecule has 0 saturated carbocycles. The zero-order valence-corrected chi connectivity index (χ0v) is 19.8. The number of halogens is 3. The smallest absolute Gasteiger partial charge is 0.256 e. The van der Waals surface area contributed by atoms with Crippen molar-refractivity contribution < 1.29 is 22.7 Å². The highest BCUT2D eigenvalue weighted by atomic mass is 19.3. The first kappa shape index (κ1) is 23.8.